The molecule has 0 aromatic rings. The first-order valence-corrected chi connectivity index (χ1v) is 8.45. The Morgan fingerprint density at radius 2 is 1.38 bits per heavy atom. The fourth-order valence-corrected chi connectivity index (χ4v) is 6.74. The molecule has 0 radical (unpaired) electrons. The third-order valence-corrected chi connectivity index (χ3v) is 9.27. The molecule has 1 heteroatoms. The van der Waals surface area contributed by atoms with Crippen molar-refractivity contribution in [1.82, 2.24) is 0 Å². The Hall–Kier alpha value is 0.441. The van der Waals surface area contributed by atoms with E-state index >= 15 is 0 Å². The SMILES string of the molecule is CC1=[C]([Sr][C]2=C(C)C=CC2)CC=C1. The molecule has 64 valence electrons. The number of hydrogen-bond donors (Lipinski definition) is 0. The monoisotopic (exact) mass is 246 g/mol. The van der Waals surface area contributed by atoms with Crippen LogP contribution in [0.1, 0.15) is 26.7 Å². The molecule has 2 rings (SSSR count). The molecule has 0 unspecified atom stereocenters. The zero-order valence-electron chi connectivity index (χ0n) is 8.43. The fraction of sp³-hybridized carbons (Fsp3) is 0.333. The van der Waals surface area contributed by atoms with Crippen molar-refractivity contribution >= 4 is 41.0 Å². The molecule has 0 aromatic carbocycles. The molecule has 0 bridgehead atoms. The van der Waals surface area contributed by atoms with Gasteiger partial charge >= 0.3 is 104 Å². The average molecular weight is 246 g/mol. The summed E-state index contributed by atoms with van der Waals surface area (Å²) in [6.45, 7) is 4.54. The molecule has 0 nitrogen and oxygen atoms in total. The van der Waals surface area contributed by atoms with E-state index in [0.29, 0.717) is 0 Å². The van der Waals surface area contributed by atoms with E-state index in [2.05, 4.69) is 38.2 Å². The van der Waals surface area contributed by atoms with Crippen molar-refractivity contribution in [2.45, 2.75) is 26.7 Å². The van der Waals surface area contributed by atoms with Crippen LogP contribution in [-0.2, 0) is 0 Å². The van der Waals surface area contributed by atoms with E-state index in [4.69, 9.17) is 0 Å². The van der Waals surface area contributed by atoms with Crippen LogP contribution in [0, 0.1) is 0 Å². The van der Waals surface area contributed by atoms with Gasteiger partial charge in [0.1, 0.15) is 0 Å². The van der Waals surface area contributed by atoms with Gasteiger partial charge < -0.3 is 0 Å². The maximum atomic E-state index is 2.32. The van der Waals surface area contributed by atoms with E-state index in [1.807, 2.05) is 1.09 Å². The minimum absolute atomic E-state index is 0.756. The van der Waals surface area contributed by atoms with E-state index in [0.717, 1.165) is 0 Å². The van der Waals surface area contributed by atoms with Gasteiger partial charge in [-0.15, -0.1) is 0 Å². The number of allylic oxidation sites excluding steroid dienone is 8. The fourth-order valence-electron chi connectivity index (χ4n) is 1.99. The summed E-state index contributed by atoms with van der Waals surface area (Å²) in [7, 11) is 0. The molecule has 0 saturated carbocycles. The molecule has 0 amide bonds. The van der Waals surface area contributed by atoms with Crippen molar-refractivity contribution in [3.05, 3.63) is 36.5 Å². The van der Waals surface area contributed by atoms with Gasteiger partial charge in [-0.25, -0.2) is 0 Å². The van der Waals surface area contributed by atoms with Crippen LogP contribution in [0.3, 0.4) is 0 Å². The van der Waals surface area contributed by atoms with Crippen LogP contribution in [0.5, 0.6) is 0 Å². The first-order chi connectivity index (χ1) is 6.27. The van der Waals surface area contributed by atoms with Gasteiger partial charge in [-0.1, -0.05) is 0 Å². The molecule has 13 heavy (non-hydrogen) atoms. The summed E-state index contributed by atoms with van der Waals surface area (Å²) in [6.07, 6.45) is 11.8. The average Bonchev–Trinajstić information content (AvgIpc) is 2.65. The van der Waals surface area contributed by atoms with E-state index in [1.165, 1.54) is 12.8 Å². The summed E-state index contributed by atoms with van der Waals surface area (Å²) >= 11 is -0.756. The van der Waals surface area contributed by atoms with Crippen molar-refractivity contribution in [2.24, 2.45) is 0 Å². The van der Waals surface area contributed by atoms with Crippen molar-refractivity contribution in [1.29, 1.82) is 0 Å². The molecule has 0 saturated heterocycles. The van der Waals surface area contributed by atoms with E-state index < -0.39 is 41.0 Å². The topological polar surface area (TPSA) is 0 Å². The molecule has 2 aliphatic carbocycles. The zero-order valence-corrected chi connectivity index (χ0v) is 11.9. The Kier molecular flexibility index (Phi) is 3.31. The molecule has 0 spiro atoms. The quantitative estimate of drug-likeness (QED) is 0.656. The van der Waals surface area contributed by atoms with Crippen LogP contribution in [-0.4, -0.2) is 41.0 Å². The minimum atomic E-state index is -0.756. The van der Waals surface area contributed by atoms with Gasteiger partial charge in [0.25, 0.3) is 0 Å². The summed E-state index contributed by atoms with van der Waals surface area (Å²) < 4.78 is 3.64. The second-order valence-corrected chi connectivity index (χ2v) is 9.03. The van der Waals surface area contributed by atoms with Crippen LogP contribution in [0.15, 0.2) is 36.5 Å². The zero-order chi connectivity index (χ0) is 9.26. The Labute approximate surface area is 103 Å². The summed E-state index contributed by atoms with van der Waals surface area (Å²) in [5.74, 6) is 0. The van der Waals surface area contributed by atoms with Gasteiger partial charge in [-0.05, 0) is 0 Å². The first kappa shape index (κ1) is 9.98. The summed E-state index contributed by atoms with van der Waals surface area (Å²) in [4.78, 5) is 0. The molecule has 0 aliphatic heterocycles. The van der Waals surface area contributed by atoms with Crippen LogP contribution in [0.4, 0.5) is 0 Å². The van der Waals surface area contributed by atoms with Crippen LogP contribution in [0.2, 0.25) is 0 Å². The second kappa shape index (κ2) is 4.31. The van der Waals surface area contributed by atoms with E-state index in [-0.39, 0.29) is 0 Å². The summed E-state index contributed by atoms with van der Waals surface area (Å²) in [5, 5.41) is 0. The third kappa shape index (κ3) is 2.27. The predicted octanol–water partition coefficient (Wildman–Crippen LogP) is 3.16. The van der Waals surface area contributed by atoms with Gasteiger partial charge in [0.2, 0.25) is 0 Å². The van der Waals surface area contributed by atoms with Gasteiger partial charge in [0.15, 0.2) is 0 Å². The van der Waals surface area contributed by atoms with Crippen LogP contribution >= 0.6 is 0 Å². The van der Waals surface area contributed by atoms with E-state index in [1.54, 1.807) is 11.1 Å². The second-order valence-electron chi connectivity index (χ2n) is 3.96. The Morgan fingerprint density at radius 3 is 1.69 bits per heavy atom. The van der Waals surface area contributed by atoms with Gasteiger partial charge in [0, 0.05) is 0 Å². The maximum absolute atomic E-state index is 2.32. The van der Waals surface area contributed by atoms with Crippen molar-refractivity contribution < 1.29 is 0 Å². The van der Waals surface area contributed by atoms with Crippen LogP contribution in [0.25, 0.3) is 0 Å². The van der Waals surface area contributed by atoms with Crippen molar-refractivity contribution in [3.8, 4) is 0 Å². The van der Waals surface area contributed by atoms with Crippen molar-refractivity contribution in [3.63, 3.8) is 0 Å². The molecule has 0 fully saturated rings. The molecule has 2 aliphatic rings. The summed E-state index contributed by atoms with van der Waals surface area (Å²) in [6, 6.07) is 0. The van der Waals surface area contributed by atoms with Gasteiger partial charge in [-0.3, -0.25) is 0 Å². The molecule has 0 N–H and O–H groups in total. The third-order valence-electron chi connectivity index (χ3n) is 3.01. The molecule has 0 aromatic heterocycles. The Morgan fingerprint density at radius 1 is 0.923 bits per heavy atom. The standard InChI is InChI=1S/2C6H7.Sr/c2*1-6-4-2-3-5-6;/h2*2,4H,3H2,1H3;. The Bertz CT molecular complexity index is 306. The van der Waals surface area contributed by atoms with Gasteiger partial charge in [0.05, 0.1) is 0 Å². The first-order valence-electron chi connectivity index (χ1n) is 4.97. The number of rotatable bonds is 2. The number of hydrogen-bond acceptors (Lipinski definition) is 0. The summed E-state index contributed by atoms with van der Waals surface area (Å²) in [5.41, 5.74) is 3.14. The van der Waals surface area contributed by atoms with E-state index in [9.17, 15) is 0 Å². The Balaban J connectivity index is 2.08. The van der Waals surface area contributed by atoms with Crippen LogP contribution < -0.4 is 0 Å². The molecule has 0 atom stereocenters. The molecular weight excluding hydrogens is 232 g/mol. The molecule has 0 heterocycles. The predicted molar refractivity (Wildman–Crippen MR) is 58.7 cm³/mol. The van der Waals surface area contributed by atoms with Crippen molar-refractivity contribution in [2.75, 3.05) is 0 Å². The van der Waals surface area contributed by atoms with Gasteiger partial charge in [-0.2, -0.15) is 0 Å². The normalized spacial score (nSPS) is 20.5. The molecular formula is C12H14Sr.